The number of carbonyl (C=O) groups is 5. The van der Waals surface area contributed by atoms with Crippen LogP contribution in [0.4, 0.5) is 16.2 Å². The summed E-state index contributed by atoms with van der Waals surface area (Å²) >= 11 is 21.7. The van der Waals surface area contributed by atoms with Crippen molar-refractivity contribution in [1.29, 1.82) is 0 Å². The SMILES string of the molecule is C=CCCc1ccc(C(CCCC(=O)OCC(CC)COC(=O)CCCC(C)CCSC(=S)c2ccccc2)CC(SC(=S)c2ccccc2)c2ccc(NC(=O)NNc3ccc4c5c(cccc35)C(=O)N(CC)C4=O)cc2)cc1.CSC(=S)c1ccccc1. The van der Waals surface area contributed by atoms with E-state index in [1.165, 1.54) is 16.0 Å². The zero-order chi connectivity index (χ0) is 64.2. The van der Waals surface area contributed by atoms with Crippen LogP contribution in [-0.4, -0.2) is 79.0 Å². The summed E-state index contributed by atoms with van der Waals surface area (Å²) in [5.74, 6) is 0.184. The summed E-state index contributed by atoms with van der Waals surface area (Å²) in [5, 5.41) is 4.00. The molecule has 3 N–H and O–H groups in total. The van der Waals surface area contributed by atoms with Gasteiger partial charge in [-0.15, -0.1) is 41.9 Å². The Morgan fingerprint density at radius 3 is 1.79 bits per heavy atom. The van der Waals surface area contributed by atoms with Gasteiger partial charge in [-0.1, -0.05) is 203 Å². The third kappa shape index (κ3) is 21.6. The van der Waals surface area contributed by atoms with Gasteiger partial charge in [-0.3, -0.25) is 34.9 Å². The molecule has 4 atom stereocenters. The first-order valence-electron chi connectivity index (χ1n) is 30.7. The summed E-state index contributed by atoms with van der Waals surface area (Å²) in [6, 6.07) is 54.7. The minimum atomic E-state index is -0.513. The van der Waals surface area contributed by atoms with Crippen molar-refractivity contribution in [3.05, 3.63) is 227 Å². The number of aryl methyl sites for hydroxylation is 1. The normalized spacial score (nSPS) is 13.0. The monoisotopic (exact) mass is 1320 g/mol. The predicted molar refractivity (Wildman–Crippen MR) is 387 cm³/mol. The van der Waals surface area contributed by atoms with Gasteiger partial charge in [0, 0.05) is 58.1 Å². The Labute approximate surface area is 560 Å². The molecule has 0 spiro atoms. The van der Waals surface area contributed by atoms with Gasteiger partial charge in [0.05, 0.1) is 31.5 Å². The Morgan fingerprint density at radius 1 is 0.644 bits per heavy atom. The molecular formula is C73H80N4O7S6. The first-order valence-corrected chi connectivity index (χ1v) is 35.0. The van der Waals surface area contributed by atoms with Gasteiger partial charge in [-0.2, -0.15) is 0 Å². The topological polar surface area (TPSA) is 143 Å². The zero-order valence-corrected chi connectivity index (χ0v) is 56.5. The van der Waals surface area contributed by atoms with Crippen LogP contribution >= 0.6 is 71.9 Å². The van der Waals surface area contributed by atoms with Crippen LogP contribution in [0.1, 0.15) is 150 Å². The van der Waals surface area contributed by atoms with Crippen LogP contribution in [0.3, 0.4) is 0 Å². The van der Waals surface area contributed by atoms with Crippen LogP contribution in [0.25, 0.3) is 10.8 Å². The highest BCUT2D eigenvalue weighted by Crippen LogP contribution is 2.43. The molecule has 90 heavy (non-hydrogen) atoms. The number of thioether (sulfide) groups is 3. The number of nitrogens with one attached hydrogen (secondary N) is 3. The van der Waals surface area contributed by atoms with Gasteiger partial charge in [0.15, 0.2) is 0 Å². The second-order valence-electron chi connectivity index (χ2n) is 22.0. The summed E-state index contributed by atoms with van der Waals surface area (Å²) in [4.78, 5) is 66.9. The Bertz CT molecular complexity index is 3520. The summed E-state index contributed by atoms with van der Waals surface area (Å²) in [6.45, 7) is 10.6. The molecular weight excluding hydrogens is 1240 g/mol. The third-order valence-electron chi connectivity index (χ3n) is 15.6. The molecule has 0 saturated heterocycles. The lowest BCUT2D eigenvalue weighted by atomic mass is 9.87. The number of benzene rings is 7. The Hall–Kier alpha value is -6.99. The van der Waals surface area contributed by atoms with Crippen molar-refractivity contribution in [2.24, 2.45) is 11.8 Å². The fraction of sp³-hybridized carbons (Fsp3) is 0.315. The molecule has 0 fully saturated rings. The van der Waals surface area contributed by atoms with Crippen LogP contribution in [0.2, 0.25) is 0 Å². The summed E-state index contributed by atoms with van der Waals surface area (Å²) in [5.41, 5.74) is 14.3. The van der Waals surface area contributed by atoms with Crippen molar-refractivity contribution in [1.82, 2.24) is 10.3 Å². The molecule has 4 amide bonds. The number of anilines is 2. The predicted octanol–water partition coefficient (Wildman–Crippen LogP) is 18.4. The van der Waals surface area contributed by atoms with E-state index in [2.05, 4.69) is 53.9 Å². The summed E-state index contributed by atoms with van der Waals surface area (Å²) in [6.07, 6.45) is 11.8. The maximum Gasteiger partial charge on any atom is 0.337 e. The fourth-order valence-electron chi connectivity index (χ4n) is 10.3. The van der Waals surface area contributed by atoms with Crippen molar-refractivity contribution in [3.8, 4) is 0 Å². The smallest absolute Gasteiger partial charge is 0.337 e. The highest BCUT2D eigenvalue weighted by atomic mass is 32.2. The molecule has 470 valence electrons. The van der Waals surface area contributed by atoms with Gasteiger partial charge in [0.1, 0.15) is 0 Å². The van der Waals surface area contributed by atoms with Gasteiger partial charge >= 0.3 is 18.0 Å². The van der Waals surface area contributed by atoms with E-state index in [1.807, 2.05) is 141 Å². The lowest BCUT2D eigenvalue weighted by molar-refractivity contribution is -0.149. The lowest BCUT2D eigenvalue weighted by Gasteiger charge is -2.26. The van der Waals surface area contributed by atoms with E-state index < -0.39 is 6.03 Å². The molecule has 17 heteroatoms. The van der Waals surface area contributed by atoms with E-state index in [-0.39, 0.29) is 67.0 Å². The number of rotatable bonds is 31. The number of amides is 4. The molecule has 1 heterocycles. The second kappa shape index (κ2) is 37.4. The van der Waals surface area contributed by atoms with Crippen LogP contribution in [-0.2, 0) is 25.5 Å². The van der Waals surface area contributed by atoms with Crippen molar-refractivity contribution in [3.63, 3.8) is 0 Å². The molecule has 0 bridgehead atoms. The third-order valence-corrected chi connectivity index (χ3v) is 20.2. The highest BCUT2D eigenvalue weighted by molar-refractivity contribution is 8.24. The van der Waals surface area contributed by atoms with E-state index in [0.717, 1.165) is 79.1 Å². The standard InChI is InChI=1S/C65H72N4O7S4.C8H8S2/c1-5-8-19-46-29-31-47(32-30-46)51(24-16-28-59(71)76-43-45(6-2)42-75-58(70)27-15-18-44(4)39-40-79-63(77)49-20-11-9-12-21-49)41-57(80-64(78)50-22-13-10-14-23-50)48-33-35-52(36-34-48)66-65(74)68-67-56-38-37-55-60-53(56)25-17-26-54(60)61(72)69(7-3)62(55)73;1-10-8(9)7-5-3-2-4-6-7/h5,9-14,17,20-23,25-26,29-38,44-45,51,57,67H,1,6-8,15-16,18-19,24,27-28,39-43H2,2-4H3,(H2,66,68,74);2-6H,1H3. The molecule has 7 aromatic rings. The zero-order valence-electron chi connectivity index (χ0n) is 51.6. The fourth-order valence-corrected chi connectivity index (χ4v) is 13.9. The van der Waals surface area contributed by atoms with Gasteiger partial charge < -0.3 is 14.8 Å². The number of hydrazine groups is 1. The summed E-state index contributed by atoms with van der Waals surface area (Å²) in [7, 11) is 0. The maximum atomic E-state index is 13.3. The van der Waals surface area contributed by atoms with Gasteiger partial charge in [0.2, 0.25) is 0 Å². The first-order chi connectivity index (χ1) is 43.7. The Morgan fingerprint density at radius 2 is 1.21 bits per heavy atom. The molecule has 0 aromatic heterocycles. The molecule has 8 rings (SSSR count). The molecule has 0 saturated carbocycles. The Balaban J connectivity index is 0.00000105. The van der Waals surface area contributed by atoms with Crippen molar-refractivity contribution >= 4 is 136 Å². The number of imide groups is 1. The minimum absolute atomic E-state index is 0.0570. The van der Waals surface area contributed by atoms with Crippen LogP contribution < -0.4 is 16.2 Å². The van der Waals surface area contributed by atoms with E-state index in [4.69, 9.17) is 46.1 Å². The molecule has 0 radical (unpaired) electrons. The highest BCUT2D eigenvalue weighted by Gasteiger charge is 2.32. The number of esters is 2. The van der Waals surface area contributed by atoms with Crippen molar-refractivity contribution in [2.75, 3.05) is 42.5 Å². The number of carbonyl (C=O) groups excluding carboxylic acids is 5. The van der Waals surface area contributed by atoms with E-state index in [1.54, 1.807) is 66.5 Å². The van der Waals surface area contributed by atoms with Crippen LogP contribution in [0.15, 0.2) is 183 Å². The van der Waals surface area contributed by atoms with Crippen molar-refractivity contribution < 1.29 is 33.4 Å². The average Bonchev–Trinajstić information content (AvgIpc) is 0.797. The first kappa shape index (κ1) is 70.5. The quantitative estimate of drug-likeness (QED) is 0.0125. The van der Waals surface area contributed by atoms with Crippen molar-refractivity contribution in [2.45, 2.75) is 103 Å². The van der Waals surface area contributed by atoms with E-state index in [0.29, 0.717) is 64.9 Å². The summed E-state index contributed by atoms with van der Waals surface area (Å²) < 4.78 is 14.1. The molecule has 1 aliphatic heterocycles. The van der Waals surface area contributed by atoms with Crippen LogP contribution in [0, 0.1) is 11.8 Å². The van der Waals surface area contributed by atoms with Gasteiger partial charge in [-0.05, 0) is 146 Å². The maximum absolute atomic E-state index is 13.3. The van der Waals surface area contributed by atoms with Crippen LogP contribution in [0.5, 0.6) is 0 Å². The largest absolute Gasteiger partial charge is 0.465 e. The molecule has 0 aliphatic carbocycles. The second-order valence-corrected chi connectivity index (χ2v) is 27.1. The number of hydrogen-bond donors (Lipinski definition) is 3. The van der Waals surface area contributed by atoms with E-state index in [9.17, 15) is 24.0 Å². The average molecular weight is 1320 g/mol. The van der Waals surface area contributed by atoms with Gasteiger partial charge in [-0.25, -0.2) is 4.79 Å². The van der Waals surface area contributed by atoms with E-state index >= 15 is 0 Å². The molecule has 7 aromatic carbocycles. The molecule has 1 aliphatic rings. The molecule has 11 nitrogen and oxygen atoms in total. The number of hydrogen-bond acceptors (Lipinski definition) is 14. The Kier molecular flexibility index (Phi) is 29.3. The lowest BCUT2D eigenvalue weighted by Crippen LogP contribution is -2.40. The number of thiocarbonyl (C=S) groups is 3. The number of nitrogens with zero attached hydrogens (tertiary/aromatic N) is 1. The number of urea groups is 1. The molecule has 4 unspecified atom stereocenters. The number of allylic oxidation sites excluding steroid dienone is 1. The number of ether oxygens (including phenoxy) is 2. The minimum Gasteiger partial charge on any atom is -0.465 e. The van der Waals surface area contributed by atoms with Gasteiger partial charge in [0.25, 0.3) is 11.8 Å².